The number of ether oxygens (including phenoxy) is 1. The van der Waals surface area contributed by atoms with Gasteiger partial charge in [-0.1, -0.05) is 11.2 Å². The van der Waals surface area contributed by atoms with Gasteiger partial charge in [-0.25, -0.2) is 4.98 Å². The number of aromatic nitrogens is 2. The van der Waals surface area contributed by atoms with Crippen molar-refractivity contribution in [2.24, 2.45) is 0 Å². The normalized spacial score (nSPS) is 11.6. The molecule has 0 saturated carbocycles. The second-order valence-electron chi connectivity index (χ2n) is 6.37. The predicted octanol–water partition coefficient (Wildman–Crippen LogP) is 4.98. The Labute approximate surface area is 167 Å². The summed E-state index contributed by atoms with van der Waals surface area (Å²) in [6.07, 6.45) is -2.99. The molecule has 0 fully saturated rings. The average molecular weight is 417 g/mol. The van der Waals surface area contributed by atoms with Gasteiger partial charge in [-0.05, 0) is 37.3 Å². The van der Waals surface area contributed by atoms with Crippen molar-refractivity contribution in [2.45, 2.75) is 13.1 Å². The average Bonchev–Trinajstić information content (AvgIpc) is 3.36. The second kappa shape index (κ2) is 7.54. The molecule has 0 bridgehead atoms. The smallest absolute Gasteiger partial charge is 0.422 e. The highest BCUT2D eigenvalue weighted by Gasteiger charge is 2.28. The number of aryl methyl sites for hydroxylation is 1. The van der Waals surface area contributed by atoms with Crippen molar-refractivity contribution in [3.05, 3.63) is 60.0 Å². The van der Waals surface area contributed by atoms with E-state index in [1.807, 2.05) is 0 Å². The summed E-state index contributed by atoms with van der Waals surface area (Å²) >= 11 is 0. The number of halogens is 3. The number of alkyl halides is 3. The first-order valence-corrected chi connectivity index (χ1v) is 8.72. The van der Waals surface area contributed by atoms with Gasteiger partial charge >= 0.3 is 6.18 Å². The van der Waals surface area contributed by atoms with Crippen molar-refractivity contribution in [1.82, 2.24) is 10.1 Å². The number of hydrogen-bond donors (Lipinski definition) is 1. The summed E-state index contributed by atoms with van der Waals surface area (Å²) in [6.45, 7) is 0.240. The van der Waals surface area contributed by atoms with E-state index in [9.17, 15) is 18.0 Å². The molecule has 7 nitrogen and oxygen atoms in total. The molecule has 10 heteroatoms. The fourth-order valence-corrected chi connectivity index (χ4v) is 2.85. The van der Waals surface area contributed by atoms with Gasteiger partial charge in [0.25, 0.3) is 11.6 Å². The minimum absolute atomic E-state index is 0.0255. The number of fused-ring (bicyclic) bond motifs is 1. The molecule has 0 aliphatic heterocycles. The van der Waals surface area contributed by atoms with Crippen LogP contribution in [-0.2, 0) is 0 Å². The summed E-state index contributed by atoms with van der Waals surface area (Å²) < 4.78 is 52.3. The van der Waals surface area contributed by atoms with Gasteiger partial charge < -0.3 is 19.0 Å². The molecule has 0 saturated heterocycles. The number of nitrogens with one attached hydrogen (secondary N) is 1. The number of pyridine rings is 1. The van der Waals surface area contributed by atoms with E-state index in [2.05, 4.69) is 15.5 Å². The second-order valence-corrected chi connectivity index (χ2v) is 6.37. The Morgan fingerprint density at radius 2 is 2.03 bits per heavy atom. The van der Waals surface area contributed by atoms with E-state index in [1.165, 1.54) is 36.6 Å². The third kappa shape index (κ3) is 4.12. The minimum Gasteiger partial charge on any atom is -0.484 e. The molecule has 0 unspecified atom stereocenters. The van der Waals surface area contributed by atoms with Crippen LogP contribution in [0, 0.1) is 6.92 Å². The monoisotopic (exact) mass is 417 g/mol. The lowest BCUT2D eigenvalue weighted by atomic mass is 10.1. The van der Waals surface area contributed by atoms with E-state index in [-0.39, 0.29) is 22.7 Å². The van der Waals surface area contributed by atoms with Crippen molar-refractivity contribution in [1.29, 1.82) is 0 Å². The maximum Gasteiger partial charge on any atom is 0.422 e. The molecule has 1 aromatic carbocycles. The van der Waals surface area contributed by atoms with Gasteiger partial charge in [0.05, 0.1) is 22.9 Å². The number of rotatable bonds is 5. The van der Waals surface area contributed by atoms with Crippen molar-refractivity contribution in [3.63, 3.8) is 0 Å². The van der Waals surface area contributed by atoms with E-state index >= 15 is 0 Å². The highest BCUT2D eigenvalue weighted by Crippen LogP contribution is 2.28. The van der Waals surface area contributed by atoms with Gasteiger partial charge in [0.15, 0.2) is 12.4 Å². The number of carbonyl (C=O) groups is 1. The summed E-state index contributed by atoms with van der Waals surface area (Å²) in [5, 5.41) is 6.93. The maximum atomic E-state index is 13.0. The molecule has 1 amide bonds. The molecule has 4 aromatic rings. The Balaban J connectivity index is 1.64. The SMILES string of the molecule is Cc1noc2nc(-c3ccco3)cc(C(=O)Nc3cccc(OCC(F)(F)F)c3)c12. The molecule has 0 aliphatic rings. The first kappa shape index (κ1) is 19.5. The zero-order valence-electron chi connectivity index (χ0n) is 15.5. The summed E-state index contributed by atoms with van der Waals surface area (Å²) in [5.74, 6) is -0.112. The first-order valence-electron chi connectivity index (χ1n) is 8.72. The van der Waals surface area contributed by atoms with Crippen LogP contribution >= 0.6 is 0 Å². The third-order valence-electron chi connectivity index (χ3n) is 4.13. The minimum atomic E-state index is -4.46. The summed E-state index contributed by atoms with van der Waals surface area (Å²) in [7, 11) is 0. The third-order valence-corrected chi connectivity index (χ3v) is 4.13. The number of carbonyl (C=O) groups excluding carboxylic acids is 1. The fourth-order valence-electron chi connectivity index (χ4n) is 2.85. The van der Waals surface area contributed by atoms with Gasteiger partial charge in [-0.2, -0.15) is 13.2 Å². The lowest BCUT2D eigenvalue weighted by Gasteiger charge is -2.11. The van der Waals surface area contributed by atoms with E-state index in [0.717, 1.165) is 0 Å². The molecule has 3 aromatic heterocycles. The molecular formula is C20H14F3N3O4. The van der Waals surface area contributed by atoms with Gasteiger partial charge in [0.2, 0.25) is 0 Å². The molecule has 1 N–H and O–H groups in total. The van der Waals surface area contributed by atoms with Crippen molar-refractivity contribution in [2.75, 3.05) is 11.9 Å². The highest BCUT2D eigenvalue weighted by atomic mass is 19.4. The molecule has 30 heavy (non-hydrogen) atoms. The van der Waals surface area contributed by atoms with Crippen LogP contribution in [0.25, 0.3) is 22.6 Å². The number of hydrogen-bond acceptors (Lipinski definition) is 6. The topological polar surface area (TPSA) is 90.4 Å². The number of furan rings is 1. The van der Waals surface area contributed by atoms with Crippen LogP contribution in [0.1, 0.15) is 16.1 Å². The summed E-state index contributed by atoms with van der Waals surface area (Å²) in [5.41, 5.74) is 1.49. The van der Waals surface area contributed by atoms with Crippen molar-refractivity contribution >= 4 is 22.7 Å². The van der Waals surface area contributed by atoms with Crippen LogP contribution < -0.4 is 10.1 Å². The van der Waals surface area contributed by atoms with Crippen LogP contribution in [0.15, 0.2) is 57.7 Å². The molecule has 154 valence electrons. The Morgan fingerprint density at radius 1 is 1.20 bits per heavy atom. The molecule has 0 aliphatic carbocycles. The zero-order chi connectivity index (χ0) is 21.3. The largest absolute Gasteiger partial charge is 0.484 e. The van der Waals surface area contributed by atoms with Crippen molar-refractivity contribution < 1.29 is 31.6 Å². The predicted molar refractivity (Wildman–Crippen MR) is 100 cm³/mol. The standard InChI is InChI=1S/C20H14F3N3O4/c1-11-17-14(9-15(16-6-3-7-28-16)25-19(17)30-26-11)18(27)24-12-4-2-5-13(8-12)29-10-20(21,22)23/h2-9H,10H2,1H3,(H,24,27). The molecular weight excluding hydrogens is 403 g/mol. The van der Waals surface area contributed by atoms with E-state index in [1.54, 1.807) is 19.1 Å². The lowest BCUT2D eigenvalue weighted by Crippen LogP contribution is -2.19. The van der Waals surface area contributed by atoms with Crippen LogP contribution in [0.3, 0.4) is 0 Å². The Hall–Kier alpha value is -3.82. The molecule has 4 rings (SSSR count). The molecule has 0 spiro atoms. The number of amides is 1. The fraction of sp³-hybridized carbons (Fsp3) is 0.150. The van der Waals surface area contributed by atoms with Gasteiger partial charge in [-0.15, -0.1) is 0 Å². The highest BCUT2D eigenvalue weighted by molar-refractivity contribution is 6.13. The summed E-state index contributed by atoms with van der Waals surface area (Å²) in [4.78, 5) is 17.3. The quantitative estimate of drug-likeness (QED) is 0.492. The van der Waals surface area contributed by atoms with E-state index < -0.39 is 18.7 Å². The number of anilines is 1. The van der Waals surface area contributed by atoms with Crippen LogP contribution in [0.5, 0.6) is 5.75 Å². The molecule has 3 heterocycles. The zero-order valence-corrected chi connectivity index (χ0v) is 15.5. The number of nitrogens with zero attached hydrogens (tertiary/aromatic N) is 2. The van der Waals surface area contributed by atoms with Crippen LogP contribution in [-0.4, -0.2) is 28.8 Å². The molecule has 0 atom stereocenters. The van der Waals surface area contributed by atoms with E-state index in [0.29, 0.717) is 22.5 Å². The number of benzene rings is 1. The van der Waals surface area contributed by atoms with Gasteiger partial charge in [0, 0.05) is 11.8 Å². The lowest BCUT2D eigenvalue weighted by molar-refractivity contribution is -0.153. The van der Waals surface area contributed by atoms with Gasteiger partial charge in [-0.3, -0.25) is 4.79 Å². The Kier molecular flexibility index (Phi) is 4.90. The first-order chi connectivity index (χ1) is 14.3. The van der Waals surface area contributed by atoms with Gasteiger partial charge in [0.1, 0.15) is 11.4 Å². The summed E-state index contributed by atoms with van der Waals surface area (Å²) in [6, 6.07) is 10.6. The van der Waals surface area contributed by atoms with Crippen molar-refractivity contribution in [3.8, 4) is 17.2 Å². The Morgan fingerprint density at radius 3 is 2.77 bits per heavy atom. The van der Waals surface area contributed by atoms with Crippen LogP contribution in [0.2, 0.25) is 0 Å². The van der Waals surface area contributed by atoms with Crippen LogP contribution in [0.4, 0.5) is 18.9 Å². The van der Waals surface area contributed by atoms with E-state index in [4.69, 9.17) is 13.7 Å². The molecule has 0 radical (unpaired) electrons. The maximum absolute atomic E-state index is 13.0. The Bertz CT molecular complexity index is 1200.